The largest absolute Gasteiger partial charge is 0.491 e. The molecular formula is C19H24O5S. The highest BCUT2D eigenvalue weighted by molar-refractivity contribution is 7.91. The number of aliphatic hydroxyl groups is 1. The van der Waals surface area contributed by atoms with Crippen LogP contribution in [0, 0.1) is 0 Å². The summed E-state index contributed by atoms with van der Waals surface area (Å²) in [6.07, 6.45) is 0.375. The predicted octanol–water partition coefficient (Wildman–Crippen LogP) is 3.46. The first-order valence-electron chi connectivity index (χ1n) is 8.25. The fraction of sp³-hybridized carbons (Fsp3) is 0.368. The number of hydrogen-bond donors (Lipinski definition) is 1. The molecule has 25 heavy (non-hydrogen) atoms. The summed E-state index contributed by atoms with van der Waals surface area (Å²) in [6, 6.07) is 12.6. The molecule has 0 saturated heterocycles. The van der Waals surface area contributed by atoms with E-state index in [1.807, 2.05) is 13.8 Å². The Kier molecular flexibility index (Phi) is 6.45. The van der Waals surface area contributed by atoms with Crippen LogP contribution in [0.1, 0.15) is 27.2 Å². The Bertz CT molecular complexity index is 764. The third-order valence-corrected chi connectivity index (χ3v) is 5.46. The standard InChI is InChI=1S/C19H24O5S/c1-4-15(3)24-17-7-11-19(12-8-17)25(21,22)18-9-5-16(6-10-18)23-13-14(2)20/h5-12,14-15,20H,4,13H2,1-3H3. The summed E-state index contributed by atoms with van der Waals surface area (Å²) in [6.45, 7) is 5.76. The van der Waals surface area contributed by atoms with Crippen LogP contribution in [-0.2, 0) is 9.84 Å². The minimum atomic E-state index is -3.60. The van der Waals surface area contributed by atoms with Gasteiger partial charge >= 0.3 is 0 Å². The molecule has 0 spiro atoms. The smallest absolute Gasteiger partial charge is 0.206 e. The van der Waals surface area contributed by atoms with Crippen molar-refractivity contribution in [2.75, 3.05) is 6.61 Å². The maximum atomic E-state index is 12.7. The van der Waals surface area contributed by atoms with Gasteiger partial charge in [0.05, 0.1) is 22.0 Å². The maximum Gasteiger partial charge on any atom is 0.206 e. The van der Waals surface area contributed by atoms with Crippen molar-refractivity contribution in [2.45, 2.75) is 49.2 Å². The van der Waals surface area contributed by atoms with Crippen molar-refractivity contribution >= 4 is 9.84 Å². The average Bonchev–Trinajstić information content (AvgIpc) is 2.60. The number of sulfone groups is 1. The van der Waals surface area contributed by atoms with Gasteiger partial charge in [-0.2, -0.15) is 0 Å². The van der Waals surface area contributed by atoms with E-state index in [-0.39, 0.29) is 22.5 Å². The van der Waals surface area contributed by atoms with E-state index in [1.165, 1.54) is 12.1 Å². The molecule has 0 aromatic heterocycles. The zero-order valence-electron chi connectivity index (χ0n) is 14.7. The van der Waals surface area contributed by atoms with Gasteiger partial charge in [0.15, 0.2) is 0 Å². The van der Waals surface area contributed by atoms with Crippen LogP contribution in [0.4, 0.5) is 0 Å². The van der Waals surface area contributed by atoms with Crippen LogP contribution in [0.15, 0.2) is 58.3 Å². The molecule has 136 valence electrons. The zero-order valence-corrected chi connectivity index (χ0v) is 15.5. The molecule has 2 aromatic rings. The summed E-state index contributed by atoms with van der Waals surface area (Å²) in [5.74, 6) is 1.16. The highest BCUT2D eigenvalue weighted by atomic mass is 32.2. The Labute approximate surface area is 149 Å². The van der Waals surface area contributed by atoms with Crippen molar-refractivity contribution in [3.8, 4) is 11.5 Å². The third kappa shape index (κ3) is 5.21. The lowest BCUT2D eigenvalue weighted by molar-refractivity contribution is 0.122. The summed E-state index contributed by atoms with van der Waals surface area (Å²) in [5, 5.41) is 9.21. The number of aliphatic hydroxyl groups excluding tert-OH is 1. The number of ether oxygens (including phenoxy) is 2. The minimum Gasteiger partial charge on any atom is -0.491 e. The molecule has 0 aliphatic carbocycles. The number of rotatable bonds is 8. The highest BCUT2D eigenvalue weighted by Gasteiger charge is 2.18. The summed E-state index contributed by atoms with van der Waals surface area (Å²) in [7, 11) is -3.60. The van der Waals surface area contributed by atoms with E-state index in [2.05, 4.69) is 0 Å². The van der Waals surface area contributed by atoms with E-state index in [9.17, 15) is 13.5 Å². The molecule has 2 unspecified atom stereocenters. The molecule has 0 radical (unpaired) electrons. The number of hydrogen-bond acceptors (Lipinski definition) is 5. The van der Waals surface area contributed by atoms with Crippen molar-refractivity contribution < 1.29 is 23.0 Å². The second-order valence-electron chi connectivity index (χ2n) is 5.94. The molecule has 0 bridgehead atoms. The van der Waals surface area contributed by atoms with Gasteiger partial charge in [0.1, 0.15) is 18.1 Å². The van der Waals surface area contributed by atoms with Gasteiger partial charge in [0.2, 0.25) is 9.84 Å². The second kappa shape index (κ2) is 8.36. The summed E-state index contributed by atoms with van der Waals surface area (Å²) >= 11 is 0. The first-order valence-corrected chi connectivity index (χ1v) is 9.74. The van der Waals surface area contributed by atoms with Crippen LogP contribution in [0.5, 0.6) is 11.5 Å². The Hall–Kier alpha value is -2.05. The van der Waals surface area contributed by atoms with Crippen molar-refractivity contribution in [1.82, 2.24) is 0 Å². The van der Waals surface area contributed by atoms with Gasteiger partial charge in [-0.05, 0) is 68.8 Å². The van der Waals surface area contributed by atoms with E-state index < -0.39 is 15.9 Å². The van der Waals surface area contributed by atoms with Gasteiger partial charge in [-0.1, -0.05) is 6.92 Å². The summed E-state index contributed by atoms with van der Waals surface area (Å²) < 4.78 is 36.4. The first kappa shape index (κ1) is 19.3. The second-order valence-corrected chi connectivity index (χ2v) is 7.89. The summed E-state index contributed by atoms with van der Waals surface area (Å²) in [5.41, 5.74) is 0. The molecule has 5 nitrogen and oxygen atoms in total. The predicted molar refractivity (Wildman–Crippen MR) is 95.9 cm³/mol. The Morgan fingerprint density at radius 3 is 1.84 bits per heavy atom. The molecule has 0 aliphatic heterocycles. The van der Waals surface area contributed by atoms with E-state index >= 15 is 0 Å². The van der Waals surface area contributed by atoms with E-state index in [0.717, 1.165) is 6.42 Å². The van der Waals surface area contributed by atoms with E-state index in [1.54, 1.807) is 43.3 Å². The molecular weight excluding hydrogens is 340 g/mol. The lowest BCUT2D eigenvalue weighted by atomic mass is 10.3. The van der Waals surface area contributed by atoms with Gasteiger partial charge in [0.25, 0.3) is 0 Å². The molecule has 1 N–H and O–H groups in total. The minimum absolute atomic E-state index is 0.0802. The fourth-order valence-electron chi connectivity index (χ4n) is 2.08. The molecule has 0 fully saturated rings. The molecule has 0 amide bonds. The molecule has 6 heteroatoms. The Morgan fingerprint density at radius 1 is 0.920 bits per heavy atom. The Balaban J connectivity index is 2.15. The van der Waals surface area contributed by atoms with Crippen LogP contribution in [0.2, 0.25) is 0 Å². The summed E-state index contributed by atoms with van der Waals surface area (Å²) in [4.78, 5) is 0.397. The van der Waals surface area contributed by atoms with Crippen molar-refractivity contribution in [2.24, 2.45) is 0 Å². The topological polar surface area (TPSA) is 72.8 Å². The zero-order chi connectivity index (χ0) is 18.4. The SMILES string of the molecule is CCC(C)Oc1ccc(S(=O)(=O)c2ccc(OCC(C)O)cc2)cc1. The molecule has 0 saturated carbocycles. The van der Waals surface area contributed by atoms with E-state index in [4.69, 9.17) is 9.47 Å². The van der Waals surface area contributed by atoms with Crippen LogP contribution in [0.25, 0.3) is 0 Å². The first-order chi connectivity index (χ1) is 11.8. The molecule has 0 aliphatic rings. The average molecular weight is 364 g/mol. The van der Waals surface area contributed by atoms with Crippen molar-refractivity contribution in [3.05, 3.63) is 48.5 Å². The quantitative estimate of drug-likeness (QED) is 0.777. The van der Waals surface area contributed by atoms with Gasteiger partial charge in [0, 0.05) is 0 Å². The van der Waals surface area contributed by atoms with Gasteiger partial charge in [-0.3, -0.25) is 0 Å². The molecule has 2 rings (SSSR count). The van der Waals surface area contributed by atoms with Crippen LogP contribution < -0.4 is 9.47 Å². The van der Waals surface area contributed by atoms with Crippen molar-refractivity contribution in [1.29, 1.82) is 0 Å². The third-order valence-electron chi connectivity index (χ3n) is 3.67. The van der Waals surface area contributed by atoms with Crippen LogP contribution >= 0.6 is 0 Å². The van der Waals surface area contributed by atoms with Gasteiger partial charge in [-0.15, -0.1) is 0 Å². The lowest BCUT2D eigenvalue weighted by Gasteiger charge is -2.13. The van der Waals surface area contributed by atoms with E-state index in [0.29, 0.717) is 11.5 Å². The van der Waals surface area contributed by atoms with Crippen LogP contribution in [0.3, 0.4) is 0 Å². The normalized spacial score (nSPS) is 13.9. The maximum absolute atomic E-state index is 12.7. The van der Waals surface area contributed by atoms with Gasteiger partial charge in [-0.25, -0.2) is 8.42 Å². The monoisotopic (exact) mass is 364 g/mol. The van der Waals surface area contributed by atoms with Crippen LogP contribution in [-0.4, -0.2) is 32.3 Å². The molecule has 2 atom stereocenters. The molecule has 2 aromatic carbocycles. The number of benzene rings is 2. The highest BCUT2D eigenvalue weighted by Crippen LogP contribution is 2.25. The molecule has 0 heterocycles. The van der Waals surface area contributed by atoms with Gasteiger partial charge < -0.3 is 14.6 Å². The Morgan fingerprint density at radius 2 is 1.40 bits per heavy atom. The lowest BCUT2D eigenvalue weighted by Crippen LogP contribution is -2.12. The fourth-order valence-corrected chi connectivity index (χ4v) is 3.34. The van der Waals surface area contributed by atoms with Crippen molar-refractivity contribution in [3.63, 3.8) is 0 Å².